The summed E-state index contributed by atoms with van der Waals surface area (Å²) in [6, 6.07) is 6.54. The summed E-state index contributed by atoms with van der Waals surface area (Å²) in [6.07, 6.45) is 0. The Morgan fingerprint density at radius 1 is 1.50 bits per heavy atom. The van der Waals surface area contributed by atoms with E-state index < -0.39 is 10.9 Å². The molecule has 1 aromatic heterocycles. The van der Waals surface area contributed by atoms with Crippen molar-refractivity contribution in [1.82, 2.24) is 4.37 Å². The number of aromatic nitrogens is 1. The molecule has 82 valence electrons. The molecule has 2 aromatic rings. The highest BCUT2D eigenvalue weighted by Crippen LogP contribution is 2.18. The van der Waals surface area contributed by atoms with Crippen molar-refractivity contribution < 1.29 is 13.9 Å². The van der Waals surface area contributed by atoms with Crippen LogP contribution in [0.2, 0.25) is 0 Å². The van der Waals surface area contributed by atoms with Gasteiger partial charge in [-0.05, 0) is 18.2 Å². The number of carbonyl (C=O) groups excluding carboxylic acids is 1. The van der Waals surface area contributed by atoms with E-state index in [2.05, 4.69) is 9.11 Å². The Hall–Kier alpha value is -1.95. The normalized spacial score (nSPS) is 10.1. The second kappa shape index (κ2) is 4.28. The minimum atomic E-state index is -0.474. The number of methoxy groups -OCH3 is 1. The molecular formula is C10H7NO4S. The monoisotopic (exact) mass is 237 g/mol. The second-order valence-electron chi connectivity index (χ2n) is 2.91. The number of esters is 1. The third-order valence-corrected chi connectivity index (χ3v) is 2.40. The van der Waals surface area contributed by atoms with Gasteiger partial charge in [0.05, 0.1) is 24.2 Å². The van der Waals surface area contributed by atoms with Gasteiger partial charge in [-0.25, -0.2) is 9.59 Å². The molecule has 0 spiro atoms. The van der Waals surface area contributed by atoms with Gasteiger partial charge in [0.25, 0.3) is 0 Å². The maximum atomic E-state index is 11.3. The van der Waals surface area contributed by atoms with Gasteiger partial charge in [0.15, 0.2) is 0 Å². The largest absolute Gasteiger partial charge is 0.465 e. The van der Waals surface area contributed by atoms with E-state index in [-0.39, 0.29) is 5.89 Å². The first kappa shape index (κ1) is 10.6. The Bertz CT molecular complexity index is 572. The molecule has 0 amide bonds. The van der Waals surface area contributed by atoms with E-state index in [1.54, 1.807) is 24.3 Å². The number of carbonyl (C=O) groups is 1. The molecule has 1 heterocycles. The van der Waals surface area contributed by atoms with Crippen LogP contribution in [0, 0.1) is 0 Å². The summed E-state index contributed by atoms with van der Waals surface area (Å²) in [4.78, 5) is 21.6. The van der Waals surface area contributed by atoms with Gasteiger partial charge in [0.2, 0.25) is 5.89 Å². The first-order valence-electron chi connectivity index (χ1n) is 4.36. The van der Waals surface area contributed by atoms with Crippen LogP contribution in [0.3, 0.4) is 0 Å². The van der Waals surface area contributed by atoms with E-state index in [0.29, 0.717) is 11.1 Å². The van der Waals surface area contributed by atoms with Gasteiger partial charge in [0.1, 0.15) is 0 Å². The van der Waals surface area contributed by atoms with Gasteiger partial charge in [-0.1, -0.05) is 6.07 Å². The summed E-state index contributed by atoms with van der Waals surface area (Å²) < 4.78 is 13.2. The Labute approximate surface area is 94.5 Å². The molecule has 0 radical (unpaired) electrons. The van der Waals surface area contributed by atoms with Crippen molar-refractivity contribution in [1.29, 1.82) is 0 Å². The Kier molecular flexibility index (Phi) is 2.82. The van der Waals surface area contributed by atoms with Crippen LogP contribution in [0.25, 0.3) is 11.5 Å². The Balaban J connectivity index is 2.43. The maximum absolute atomic E-state index is 11.3. The molecule has 6 heteroatoms. The van der Waals surface area contributed by atoms with Crippen LogP contribution >= 0.6 is 11.5 Å². The third kappa shape index (κ3) is 2.01. The lowest BCUT2D eigenvalue weighted by atomic mass is 10.1. The van der Waals surface area contributed by atoms with Crippen LogP contribution in [-0.2, 0) is 4.74 Å². The summed E-state index contributed by atoms with van der Waals surface area (Å²) in [5, 5.41) is 0. The Morgan fingerprint density at radius 3 is 2.94 bits per heavy atom. The van der Waals surface area contributed by atoms with Gasteiger partial charge in [-0.3, -0.25) is 0 Å². The number of nitrogens with zero attached hydrogens (tertiary/aromatic N) is 1. The first-order valence-corrected chi connectivity index (χ1v) is 5.13. The van der Waals surface area contributed by atoms with Crippen molar-refractivity contribution in [3.8, 4) is 11.5 Å². The lowest BCUT2D eigenvalue weighted by Crippen LogP contribution is -2.00. The summed E-state index contributed by atoms with van der Waals surface area (Å²) in [5.41, 5.74) is 0.955. The van der Waals surface area contributed by atoms with Crippen LogP contribution in [0.15, 0.2) is 33.5 Å². The van der Waals surface area contributed by atoms with Crippen molar-refractivity contribution in [2.24, 2.45) is 0 Å². The van der Waals surface area contributed by atoms with Crippen molar-refractivity contribution >= 4 is 17.5 Å². The van der Waals surface area contributed by atoms with E-state index in [1.165, 1.54) is 7.11 Å². The molecule has 0 unspecified atom stereocenters. The summed E-state index contributed by atoms with van der Waals surface area (Å²) in [7, 11) is 1.30. The number of ether oxygens (including phenoxy) is 1. The fraction of sp³-hybridized carbons (Fsp3) is 0.100. The van der Waals surface area contributed by atoms with Crippen molar-refractivity contribution in [2.45, 2.75) is 0 Å². The third-order valence-electron chi connectivity index (χ3n) is 1.91. The molecule has 0 saturated carbocycles. The van der Waals surface area contributed by atoms with E-state index in [4.69, 9.17) is 4.42 Å². The molecule has 0 aliphatic heterocycles. The molecule has 0 aliphatic carbocycles. The molecule has 0 fully saturated rings. The number of benzene rings is 1. The van der Waals surface area contributed by atoms with Gasteiger partial charge < -0.3 is 9.15 Å². The zero-order valence-corrected chi connectivity index (χ0v) is 9.11. The number of hydrogen-bond acceptors (Lipinski definition) is 6. The smallest absolute Gasteiger partial charge is 0.414 e. The summed E-state index contributed by atoms with van der Waals surface area (Å²) in [5.74, 6) is -0.236. The fourth-order valence-corrected chi connectivity index (χ4v) is 1.62. The van der Waals surface area contributed by atoms with E-state index in [1.807, 2.05) is 0 Å². The lowest BCUT2D eigenvalue weighted by molar-refractivity contribution is 0.0601. The highest BCUT2D eigenvalue weighted by Gasteiger charge is 2.10. The van der Waals surface area contributed by atoms with Crippen LogP contribution in [-0.4, -0.2) is 17.5 Å². The summed E-state index contributed by atoms with van der Waals surface area (Å²) >= 11 is 0.731. The van der Waals surface area contributed by atoms with Crippen LogP contribution in [0.5, 0.6) is 0 Å². The highest BCUT2D eigenvalue weighted by atomic mass is 32.1. The van der Waals surface area contributed by atoms with Crippen molar-refractivity contribution in [2.75, 3.05) is 7.11 Å². The molecule has 0 N–H and O–H groups in total. The van der Waals surface area contributed by atoms with E-state index in [9.17, 15) is 9.59 Å². The first-order chi connectivity index (χ1) is 7.70. The molecule has 0 atom stereocenters. The van der Waals surface area contributed by atoms with Gasteiger partial charge in [-0.15, -0.1) is 4.37 Å². The van der Waals surface area contributed by atoms with Crippen LogP contribution < -0.4 is 4.94 Å². The van der Waals surface area contributed by atoms with Gasteiger partial charge in [0, 0.05) is 5.56 Å². The standard InChI is InChI=1S/C10H7NO4S/c1-14-9(12)7-4-2-3-6(5-7)8-11-16-10(13)15-8/h2-5H,1H3. The quantitative estimate of drug-likeness (QED) is 0.741. The minimum absolute atomic E-state index is 0.209. The molecule has 16 heavy (non-hydrogen) atoms. The number of hydrogen-bond donors (Lipinski definition) is 0. The maximum Gasteiger partial charge on any atom is 0.414 e. The molecule has 0 bridgehead atoms. The van der Waals surface area contributed by atoms with Gasteiger partial charge in [-0.2, -0.15) is 0 Å². The Morgan fingerprint density at radius 2 is 2.31 bits per heavy atom. The molecule has 1 aromatic carbocycles. The molecule has 0 saturated heterocycles. The number of rotatable bonds is 2. The molecule has 5 nitrogen and oxygen atoms in total. The molecular weight excluding hydrogens is 230 g/mol. The second-order valence-corrected chi connectivity index (χ2v) is 3.61. The van der Waals surface area contributed by atoms with Crippen LogP contribution in [0.1, 0.15) is 10.4 Å². The lowest BCUT2D eigenvalue weighted by Gasteiger charge is -1.99. The zero-order chi connectivity index (χ0) is 11.5. The zero-order valence-electron chi connectivity index (χ0n) is 8.30. The average Bonchev–Trinajstić information content (AvgIpc) is 2.75. The minimum Gasteiger partial charge on any atom is -0.465 e. The highest BCUT2D eigenvalue weighted by molar-refractivity contribution is 7.02. The topological polar surface area (TPSA) is 69.4 Å². The molecule has 0 aliphatic rings. The van der Waals surface area contributed by atoms with Crippen LogP contribution in [0.4, 0.5) is 0 Å². The molecule has 2 rings (SSSR count). The fourth-order valence-electron chi connectivity index (χ4n) is 1.20. The SMILES string of the molecule is COC(=O)c1cccc(-c2nsc(=O)o2)c1. The summed E-state index contributed by atoms with van der Waals surface area (Å²) in [6.45, 7) is 0. The predicted octanol–water partition coefficient (Wildman–Crippen LogP) is 1.55. The van der Waals surface area contributed by atoms with E-state index >= 15 is 0 Å². The average molecular weight is 237 g/mol. The van der Waals surface area contributed by atoms with Gasteiger partial charge >= 0.3 is 10.9 Å². The predicted molar refractivity (Wildman–Crippen MR) is 57.4 cm³/mol. The van der Waals surface area contributed by atoms with Crippen molar-refractivity contribution in [3.63, 3.8) is 0 Å². The van der Waals surface area contributed by atoms with Crippen molar-refractivity contribution in [3.05, 3.63) is 39.6 Å². The van der Waals surface area contributed by atoms with E-state index in [0.717, 1.165) is 11.5 Å².